The number of aromatic amines is 1. The number of aryl methyl sites for hydroxylation is 1. The number of nitrogens with one attached hydrogen (secondary N) is 3. The molecule has 0 radical (unpaired) electrons. The first kappa shape index (κ1) is 21.0. The van der Waals surface area contributed by atoms with Gasteiger partial charge in [0.15, 0.2) is 5.82 Å². The van der Waals surface area contributed by atoms with Crippen molar-refractivity contribution in [3.8, 4) is 11.4 Å². The normalized spacial score (nSPS) is 10.8. The van der Waals surface area contributed by atoms with Gasteiger partial charge in [-0.2, -0.15) is 0 Å². The van der Waals surface area contributed by atoms with Crippen molar-refractivity contribution in [3.63, 3.8) is 0 Å². The first-order valence-electron chi connectivity index (χ1n) is 10.2. The Labute approximate surface area is 185 Å². The molecule has 0 saturated carbocycles. The molecule has 0 aliphatic rings. The minimum atomic E-state index is -0.513. The van der Waals surface area contributed by atoms with Crippen LogP contribution in [-0.2, 0) is 17.9 Å². The van der Waals surface area contributed by atoms with Gasteiger partial charge in [0.05, 0.1) is 0 Å². The maximum atomic E-state index is 12.1. The standard InChI is InChI=1S/C24H24N6O2/c1-14-20(21-18(22(25)32)9-6-10-19(21)29-14)24-28-13-17(12-26-15(2)31)23(30-24)27-11-16-7-4-3-5-8-16/h3-10,13,29H,11-12H2,1-2H3,(H2,25,32)(H,26,31)(H,27,28,30). The average Bonchev–Trinajstić information content (AvgIpc) is 3.12. The largest absolute Gasteiger partial charge is 0.366 e. The summed E-state index contributed by atoms with van der Waals surface area (Å²) in [6, 6.07) is 15.3. The number of benzene rings is 2. The topological polar surface area (TPSA) is 126 Å². The number of aromatic nitrogens is 3. The monoisotopic (exact) mass is 428 g/mol. The van der Waals surface area contributed by atoms with E-state index in [1.54, 1.807) is 18.3 Å². The van der Waals surface area contributed by atoms with Gasteiger partial charge in [-0.1, -0.05) is 36.4 Å². The van der Waals surface area contributed by atoms with Gasteiger partial charge in [0.25, 0.3) is 0 Å². The van der Waals surface area contributed by atoms with Gasteiger partial charge < -0.3 is 21.4 Å². The Morgan fingerprint density at radius 2 is 1.84 bits per heavy atom. The maximum Gasteiger partial charge on any atom is 0.249 e. The van der Waals surface area contributed by atoms with E-state index in [-0.39, 0.29) is 5.91 Å². The number of anilines is 1. The number of amides is 2. The van der Waals surface area contributed by atoms with Crippen LogP contribution in [0.3, 0.4) is 0 Å². The molecule has 0 atom stereocenters. The number of hydrogen-bond donors (Lipinski definition) is 4. The van der Waals surface area contributed by atoms with Gasteiger partial charge in [0.1, 0.15) is 5.82 Å². The average molecular weight is 428 g/mol. The molecular weight excluding hydrogens is 404 g/mol. The van der Waals surface area contributed by atoms with Crippen molar-refractivity contribution in [3.05, 3.63) is 77.1 Å². The Hall–Kier alpha value is -4.20. The van der Waals surface area contributed by atoms with Crippen LogP contribution in [0, 0.1) is 6.92 Å². The smallest absolute Gasteiger partial charge is 0.249 e. The fourth-order valence-electron chi connectivity index (χ4n) is 3.67. The third-order valence-corrected chi connectivity index (χ3v) is 5.20. The summed E-state index contributed by atoms with van der Waals surface area (Å²) in [5, 5.41) is 6.85. The molecule has 8 heteroatoms. The van der Waals surface area contributed by atoms with Gasteiger partial charge in [-0.25, -0.2) is 9.97 Å². The maximum absolute atomic E-state index is 12.1. The minimum absolute atomic E-state index is 0.137. The molecule has 0 aliphatic carbocycles. The second-order valence-electron chi connectivity index (χ2n) is 7.53. The lowest BCUT2D eigenvalue weighted by molar-refractivity contribution is -0.119. The first-order valence-corrected chi connectivity index (χ1v) is 10.2. The predicted octanol–water partition coefficient (Wildman–Crippen LogP) is 3.28. The van der Waals surface area contributed by atoms with E-state index in [4.69, 9.17) is 10.7 Å². The molecule has 4 rings (SSSR count). The highest BCUT2D eigenvalue weighted by Crippen LogP contribution is 2.33. The highest BCUT2D eigenvalue weighted by atomic mass is 16.1. The van der Waals surface area contributed by atoms with Crippen molar-refractivity contribution in [1.29, 1.82) is 0 Å². The number of nitrogens with zero attached hydrogens (tertiary/aromatic N) is 2. The lowest BCUT2D eigenvalue weighted by Crippen LogP contribution is -2.20. The molecule has 0 bridgehead atoms. The summed E-state index contributed by atoms with van der Waals surface area (Å²) >= 11 is 0. The van der Waals surface area contributed by atoms with Gasteiger partial charge in [0, 0.05) is 59.5 Å². The van der Waals surface area contributed by atoms with Crippen LogP contribution in [0.2, 0.25) is 0 Å². The van der Waals surface area contributed by atoms with Crippen LogP contribution in [0.25, 0.3) is 22.3 Å². The van der Waals surface area contributed by atoms with Crippen molar-refractivity contribution >= 4 is 28.5 Å². The van der Waals surface area contributed by atoms with E-state index in [0.717, 1.165) is 27.9 Å². The van der Waals surface area contributed by atoms with E-state index in [2.05, 4.69) is 20.6 Å². The molecule has 2 heterocycles. The second kappa shape index (κ2) is 8.89. The zero-order valence-corrected chi connectivity index (χ0v) is 17.9. The molecule has 4 aromatic rings. The summed E-state index contributed by atoms with van der Waals surface area (Å²) in [6.07, 6.45) is 1.69. The van der Waals surface area contributed by atoms with Crippen LogP contribution < -0.4 is 16.4 Å². The molecule has 32 heavy (non-hydrogen) atoms. The highest BCUT2D eigenvalue weighted by molar-refractivity contribution is 6.11. The Kier molecular flexibility index (Phi) is 5.85. The van der Waals surface area contributed by atoms with Gasteiger partial charge >= 0.3 is 0 Å². The second-order valence-corrected chi connectivity index (χ2v) is 7.53. The first-order chi connectivity index (χ1) is 15.4. The third kappa shape index (κ3) is 4.29. The summed E-state index contributed by atoms with van der Waals surface area (Å²) in [5.41, 5.74) is 10.2. The fourth-order valence-corrected chi connectivity index (χ4v) is 3.67. The van der Waals surface area contributed by atoms with Crippen molar-refractivity contribution < 1.29 is 9.59 Å². The molecule has 0 fully saturated rings. The minimum Gasteiger partial charge on any atom is -0.366 e. The fraction of sp³-hybridized carbons (Fsp3) is 0.167. The van der Waals surface area contributed by atoms with Crippen LogP contribution in [0.15, 0.2) is 54.7 Å². The van der Waals surface area contributed by atoms with Crippen molar-refractivity contribution in [2.75, 3.05) is 5.32 Å². The molecule has 2 aromatic heterocycles. The van der Waals surface area contributed by atoms with Gasteiger partial charge in [-0.05, 0) is 24.6 Å². The van der Waals surface area contributed by atoms with Crippen LogP contribution >= 0.6 is 0 Å². The molecule has 0 unspecified atom stereocenters. The van der Waals surface area contributed by atoms with Crippen LogP contribution in [0.5, 0.6) is 0 Å². The van der Waals surface area contributed by atoms with Crippen LogP contribution in [-0.4, -0.2) is 26.8 Å². The van der Waals surface area contributed by atoms with Crippen molar-refractivity contribution in [2.24, 2.45) is 5.73 Å². The quantitative estimate of drug-likeness (QED) is 0.359. The lowest BCUT2D eigenvalue weighted by Gasteiger charge is -2.13. The molecule has 2 aromatic carbocycles. The van der Waals surface area contributed by atoms with E-state index in [1.807, 2.05) is 43.3 Å². The Morgan fingerprint density at radius 3 is 2.56 bits per heavy atom. The lowest BCUT2D eigenvalue weighted by atomic mass is 10.0. The van der Waals surface area contributed by atoms with Crippen LogP contribution in [0.4, 0.5) is 5.82 Å². The molecule has 0 saturated heterocycles. The number of carbonyl (C=O) groups excluding carboxylic acids is 2. The van der Waals surface area contributed by atoms with E-state index in [9.17, 15) is 9.59 Å². The Morgan fingerprint density at radius 1 is 1.06 bits per heavy atom. The van der Waals surface area contributed by atoms with E-state index in [0.29, 0.717) is 35.7 Å². The summed E-state index contributed by atoms with van der Waals surface area (Å²) in [5.74, 6) is 0.421. The third-order valence-electron chi connectivity index (χ3n) is 5.20. The molecule has 162 valence electrons. The molecule has 2 amide bonds. The van der Waals surface area contributed by atoms with Gasteiger partial charge in [-0.3, -0.25) is 9.59 Å². The summed E-state index contributed by atoms with van der Waals surface area (Å²) < 4.78 is 0. The Bertz CT molecular complexity index is 1300. The summed E-state index contributed by atoms with van der Waals surface area (Å²) in [6.45, 7) is 4.23. The predicted molar refractivity (Wildman–Crippen MR) is 124 cm³/mol. The zero-order valence-electron chi connectivity index (χ0n) is 17.9. The van der Waals surface area contributed by atoms with Crippen LogP contribution in [0.1, 0.15) is 34.1 Å². The van der Waals surface area contributed by atoms with Gasteiger partial charge in [-0.15, -0.1) is 0 Å². The van der Waals surface area contributed by atoms with E-state index < -0.39 is 5.91 Å². The summed E-state index contributed by atoms with van der Waals surface area (Å²) in [7, 11) is 0. The number of nitrogens with two attached hydrogens (primary N) is 1. The summed E-state index contributed by atoms with van der Waals surface area (Å²) in [4.78, 5) is 36.1. The zero-order chi connectivity index (χ0) is 22.7. The van der Waals surface area contributed by atoms with Crippen molar-refractivity contribution in [2.45, 2.75) is 26.9 Å². The number of hydrogen-bond acceptors (Lipinski definition) is 5. The molecule has 0 spiro atoms. The van der Waals surface area contributed by atoms with E-state index >= 15 is 0 Å². The molecular formula is C24H24N6O2. The van der Waals surface area contributed by atoms with Crippen molar-refractivity contribution in [1.82, 2.24) is 20.3 Å². The number of rotatable bonds is 7. The number of primary amides is 1. The SMILES string of the molecule is CC(=O)NCc1cnc(-c2c(C)[nH]c3cccc(C(N)=O)c23)nc1NCc1ccccc1. The Balaban J connectivity index is 1.79. The highest BCUT2D eigenvalue weighted by Gasteiger charge is 2.20. The number of carbonyl (C=O) groups is 2. The molecule has 5 N–H and O–H groups in total. The van der Waals surface area contributed by atoms with Gasteiger partial charge in [0.2, 0.25) is 11.8 Å². The number of fused-ring (bicyclic) bond motifs is 1. The van der Waals surface area contributed by atoms with E-state index in [1.165, 1.54) is 6.92 Å². The number of H-pyrrole nitrogens is 1. The molecule has 8 nitrogen and oxygen atoms in total. The molecule has 0 aliphatic heterocycles.